The SMILES string of the molecule is C#CC1C(F)(F)C12CCN(C(=O)OC(C)(C)C)CC2. The highest BCUT2D eigenvalue weighted by atomic mass is 19.3. The molecule has 1 heterocycles. The lowest BCUT2D eigenvalue weighted by atomic mass is 9.90. The molecule has 1 atom stereocenters. The third-order valence-corrected chi connectivity index (χ3v) is 3.97. The standard InChI is InChI=1S/C14H19F2NO2/c1-5-10-13(14(10,15)16)6-8-17(9-7-13)11(18)19-12(2,3)4/h1,10H,6-9H2,2-4H3. The summed E-state index contributed by atoms with van der Waals surface area (Å²) in [6, 6.07) is 0. The number of carbonyl (C=O) groups is 1. The Kier molecular flexibility index (Phi) is 3.04. The highest BCUT2D eigenvalue weighted by molar-refractivity contribution is 5.68. The number of rotatable bonds is 0. The molecular formula is C14H19F2NO2. The van der Waals surface area contributed by atoms with Crippen molar-refractivity contribution in [2.24, 2.45) is 11.3 Å². The monoisotopic (exact) mass is 271 g/mol. The van der Waals surface area contributed by atoms with Crippen LogP contribution in [-0.2, 0) is 4.74 Å². The van der Waals surface area contributed by atoms with Gasteiger partial charge in [-0.2, -0.15) is 0 Å². The van der Waals surface area contributed by atoms with E-state index in [9.17, 15) is 13.6 Å². The van der Waals surface area contributed by atoms with Crippen molar-refractivity contribution < 1.29 is 18.3 Å². The topological polar surface area (TPSA) is 29.5 Å². The van der Waals surface area contributed by atoms with Gasteiger partial charge in [0.1, 0.15) is 5.60 Å². The predicted octanol–water partition coefficient (Wildman–Crippen LogP) is 2.90. The van der Waals surface area contributed by atoms with E-state index in [0.29, 0.717) is 0 Å². The van der Waals surface area contributed by atoms with Crippen LogP contribution in [0.1, 0.15) is 33.6 Å². The van der Waals surface area contributed by atoms with E-state index >= 15 is 0 Å². The Morgan fingerprint density at radius 3 is 2.26 bits per heavy atom. The lowest BCUT2D eigenvalue weighted by Gasteiger charge is -2.33. The maximum Gasteiger partial charge on any atom is 0.410 e. The summed E-state index contributed by atoms with van der Waals surface area (Å²) in [5.41, 5.74) is -1.66. The Morgan fingerprint density at radius 1 is 1.37 bits per heavy atom. The number of terminal acetylenes is 1. The molecule has 106 valence electrons. The van der Waals surface area contributed by atoms with Crippen LogP contribution in [0.25, 0.3) is 0 Å². The van der Waals surface area contributed by atoms with Gasteiger partial charge in [0.25, 0.3) is 5.92 Å². The van der Waals surface area contributed by atoms with Crippen molar-refractivity contribution in [2.45, 2.75) is 45.1 Å². The first-order chi connectivity index (χ1) is 8.64. The van der Waals surface area contributed by atoms with E-state index in [0.717, 1.165) is 0 Å². The largest absolute Gasteiger partial charge is 0.444 e. The second-order valence-electron chi connectivity index (χ2n) is 6.35. The summed E-state index contributed by atoms with van der Waals surface area (Å²) in [5, 5.41) is 0. The maximum atomic E-state index is 13.7. The number of hydrogen-bond acceptors (Lipinski definition) is 2. The van der Waals surface area contributed by atoms with Gasteiger partial charge in [0.2, 0.25) is 0 Å². The highest BCUT2D eigenvalue weighted by Crippen LogP contribution is 2.70. The molecule has 1 spiro atoms. The summed E-state index contributed by atoms with van der Waals surface area (Å²) in [7, 11) is 0. The second-order valence-corrected chi connectivity index (χ2v) is 6.35. The molecule has 2 fully saturated rings. The molecule has 1 amide bonds. The van der Waals surface area contributed by atoms with E-state index in [2.05, 4.69) is 5.92 Å². The fourth-order valence-corrected chi connectivity index (χ4v) is 2.81. The molecule has 0 N–H and O–H groups in total. The third kappa shape index (κ3) is 2.18. The third-order valence-electron chi connectivity index (χ3n) is 3.97. The zero-order valence-corrected chi connectivity index (χ0v) is 11.5. The minimum atomic E-state index is -2.78. The van der Waals surface area contributed by atoms with Gasteiger partial charge in [-0.3, -0.25) is 0 Å². The Morgan fingerprint density at radius 2 is 1.89 bits per heavy atom. The number of amides is 1. The van der Waals surface area contributed by atoms with Crippen LogP contribution in [0.15, 0.2) is 0 Å². The number of ether oxygens (including phenoxy) is 1. The van der Waals surface area contributed by atoms with Gasteiger partial charge in [-0.25, -0.2) is 13.6 Å². The first kappa shape index (κ1) is 14.1. The van der Waals surface area contributed by atoms with E-state index in [1.807, 2.05) is 0 Å². The molecule has 1 saturated heterocycles. The quantitative estimate of drug-likeness (QED) is 0.634. The highest BCUT2D eigenvalue weighted by Gasteiger charge is 2.79. The van der Waals surface area contributed by atoms with E-state index in [-0.39, 0.29) is 25.9 Å². The van der Waals surface area contributed by atoms with Gasteiger partial charge in [0.15, 0.2) is 0 Å². The molecule has 1 unspecified atom stereocenters. The minimum absolute atomic E-state index is 0.244. The Labute approximate surface area is 112 Å². The average Bonchev–Trinajstić information content (AvgIpc) is 2.72. The van der Waals surface area contributed by atoms with Crippen LogP contribution in [0.5, 0.6) is 0 Å². The van der Waals surface area contributed by atoms with Gasteiger partial charge in [0.05, 0.1) is 11.3 Å². The Hall–Kier alpha value is -1.31. The first-order valence-corrected chi connectivity index (χ1v) is 6.46. The van der Waals surface area contributed by atoms with E-state index < -0.39 is 28.9 Å². The Bertz CT molecular complexity index is 426. The molecule has 0 aromatic heterocycles. The van der Waals surface area contributed by atoms with Crippen molar-refractivity contribution in [3.05, 3.63) is 0 Å². The number of likely N-dealkylation sites (tertiary alicyclic amines) is 1. The lowest BCUT2D eigenvalue weighted by molar-refractivity contribution is 0.00113. The molecule has 1 saturated carbocycles. The van der Waals surface area contributed by atoms with E-state index in [1.165, 1.54) is 4.90 Å². The zero-order chi connectivity index (χ0) is 14.5. The smallest absolute Gasteiger partial charge is 0.410 e. The van der Waals surface area contributed by atoms with Crippen molar-refractivity contribution in [3.63, 3.8) is 0 Å². The number of nitrogens with zero attached hydrogens (tertiary/aromatic N) is 1. The van der Waals surface area contributed by atoms with Gasteiger partial charge in [0, 0.05) is 13.1 Å². The molecule has 2 rings (SSSR count). The van der Waals surface area contributed by atoms with Crippen LogP contribution in [0.4, 0.5) is 13.6 Å². The van der Waals surface area contributed by atoms with E-state index in [1.54, 1.807) is 20.8 Å². The van der Waals surface area contributed by atoms with Crippen LogP contribution in [0.2, 0.25) is 0 Å². The number of hydrogen-bond donors (Lipinski definition) is 0. The molecule has 0 radical (unpaired) electrons. The van der Waals surface area contributed by atoms with Gasteiger partial charge >= 0.3 is 6.09 Å². The molecule has 2 aliphatic rings. The summed E-state index contributed by atoms with van der Waals surface area (Å²) in [5.74, 6) is -1.56. The lowest BCUT2D eigenvalue weighted by Crippen LogP contribution is -2.43. The van der Waals surface area contributed by atoms with E-state index in [4.69, 9.17) is 11.2 Å². The summed E-state index contributed by atoms with van der Waals surface area (Å²) >= 11 is 0. The number of alkyl halides is 2. The molecule has 0 aromatic rings. The molecule has 0 aromatic carbocycles. The molecule has 5 heteroatoms. The first-order valence-electron chi connectivity index (χ1n) is 6.46. The van der Waals surface area contributed by atoms with Crippen molar-refractivity contribution in [1.82, 2.24) is 4.90 Å². The van der Waals surface area contributed by atoms with Crippen molar-refractivity contribution in [3.8, 4) is 12.3 Å². The summed E-state index contributed by atoms with van der Waals surface area (Å²) in [6.45, 7) is 5.89. The van der Waals surface area contributed by atoms with Crippen molar-refractivity contribution >= 4 is 6.09 Å². The fourth-order valence-electron chi connectivity index (χ4n) is 2.81. The van der Waals surface area contributed by atoms with Crippen LogP contribution >= 0.6 is 0 Å². The maximum absolute atomic E-state index is 13.7. The molecule has 1 aliphatic heterocycles. The van der Waals surface area contributed by atoms with Crippen LogP contribution in [-0.4, -0.2) is 35.6 Å². The predicted molar refractivity (Wildman–Crippen MR) is 66.7 cm³/mol. The number of carbonyl (C=O) groups excluding carboxylic acids is 1. The van der Waals surface area contributed by atoms with Crippen LogP contribution in [0, 0.1) is 23.7 Å². The zero-order valence-electron chi connectivity index (χ0n) is 11.5. The fraction of sp³-hybridized carbons (Fsp3) is 0.786. The summed E-state index contributed by atoms with van der Waals surface area (Å²) in [6.07, 6.45) is 5.20. The normalized spacial score (nSPS) is 27.8. The molecule has 19 heavy (non-hydrogen) atoms. The van der Waals surface area contributed by atoms with Gasteiger partial charge < -0.3 is 9.64 Å². The average molecular weight is 271 g/mol. The van der Waals surface area contributed by atoms with Gasteiger partial charge in [-0.05, 0) is 33.6 Å². The Balaban J connectivity index is 1.95. The minimum Gasteiger partial charge on any atom is -0.444 e. The number of piperidine rings is 1. The van der Waals surface area contributed by atoms with Crippen molar-refractivity contribution in [1.29, 1.82) is 0 Å². The van der Waals surface area contributed by atoms with Crippen molar-refractivity contribution in [2.75, 3.05) is 13.1 Å². The van der Waals surface area contributed by atoms with Crippen LogP contribution < -0.4 is 0 Å². The number of halogens is 2. The second kappa shape index (κ2) is 4.09. The summed E-state index contributed by atoms with van der Waals surface area (Å²) < 4.78 is 32.5. The molecule has 0 bridgehead atoms. The van der Waals surface area contributed by atoms with Gasteiger partial charge in [-0.15, -0.1) is 6.42 Å². The molecule has 3 nitrogen and oxygen atoms in total. The van der Waals surface area contributed by atoms with Crippen LogP contribution in [0.3, 0.4) is 0 Å². The van der Waals surface area contributed by atoms with Gasteiger partial charge in [-0.1, -0.05) is 5.92 Å². The summed E-state index contributed by atoms with van der Waals surface area (Å²) in [4.78, 5) is 13.3. The molecular weight excluding hydrogens is 252 g/mol. The molecule has 1 aliphatic carbocycles.